The van der Waals surface area contributed by atoms with Gasteiger partial charge in [-0.2, -0.15) is 0 Å². The van der Waals surface area contributed by atoms with E-state index >= 15 is 0 Å². The molecule has 0 aromatic carbocycles. The average Bonchev–Trinajstić information content (AvgIpc) is 3.06. The molecule has 0 saturated heterocycles. The molecule has 23 heavy (non-hydrogen) atoms. The SMILES string of the molecule is C[C@H]1C[C@@H](NC(=S)N[C@@H]2C[C@@H]3C[C@@H]2[C@H]2C=CC[C@H]32)CC(C)(C)C1. The van der Waals surface area contributed by atoms with Crippen molar-refractivity contribution in [3.05, 3.63) is 12.2 Å². The maximum absolute atomic E-state index is 5.68. The summed E-state index contributed by atoms with van der Waals surface area (Å²) < 4.78 is 0. The second kappa shape index (κ2) is 5.75. The Labute approximate surface area is 146 Å². The zero-order valence-electron chi connectivity index (χ0n) is 14.8. The van der Waals surface area contributed by atoms with Gasteiger partial charge in [0, 0.05) is 12.1 Å². The molecule has 0 unspecified atom stereocenters. The summed E-state index contributed by atoms with van der Waals surface area (Å²) in [6.45, 7) is 7.18. The molecule has 2 N–H and O–H groups in total. The molecule has 2 bridgehead atoms. The van der Waals surface area contributed by atoms with E-state index in [1.807, 2.05) is 0 Å². The number of nitrogens with one attached hydrogen (secondary N) is 2. The maximum Gasteiger partial charge on any atom is 0.166 e. The summed E-state index contributed by atoms with van der Waals surface area (Å²) in [4.78, 5) is 0. The van der Waals surface area contributed by atoms with Crippen molar-refractivity contribution in [1.82, 2.24) is 10.6 Å². The van der Waals surface area contributed by atoms with Crippen LogP contribution in [0.4, 0.5) is 0 Å². The highest BCUT2D eigenvalue weighted by Gasteiger charge is 2.52. The Balaban J connectivity index is 1.32. The van der Waals surface area contributed by atoms with Crippen LogP contribution in [0.2, 0.25) is 0 Å². The number of allylic oxidation sites excluding steroid dienone is 2. The molecule has 0 aliphatic heterocycles. The van der Waals surface area contributed by atoms with E-state index in [4.69, 9.17) is 12.2 Å². The molecule has 7 atom stereocenters. The molecule has 0 aromatic heterocycles. The van der Waals surface area contributed by atoms with Gasteiger partial charge in [-0.25, -0.2) is 0 Å². The van der Waals surface area contributed by atoms with Crippen LogP contribution in [0.5, 0.6) is 0 Å². The van der Waals surface area contributed by atoms with Crippen LogP contribution in [0, 0.1) is 35.0 Å². The van der Waals surface area contributed by atoms with Gasteiger partial charge in [0.05, 0.1) is 0 Å². The molecule has 128 valence electrons. The first kappa shape index (κ1) is 15.9. The number of hydrogen-bond donors (Lipinski definition) is 2. The van der Waals surface area contributed by atoms with Crippen molar-refractivity contribution in [2.24, 2.45) is 35.0 Å². The molecule has 3 fully saturated rings. The van der Waals surface area contributed by atoms with Crippen molar-refractivity contribution < 1.29 is 0 Å². The van der Waals surface area contributed by atoms with Crippen molar-refractivity contribution in [2.75, 3.05) is 0 Å². The molecule has 4 aliphatic carbocycles. The fraction of sp³-hybridized carbons (Fsp3) is 0.850. The summed E-state index contributed by atoms with van der Waals surface area (Å²) in [5.74, 6) is 4.35. The lowest BCUT2D eigenvalue weighted by Crippen LogP contribution is -2.51. The number of hydrogen-bond acceptors (Lipinski definition) is 1. The summed E-state index contributed by atoms with van der Waals surface area (Å²) in [6, 6.07) is 1.16. The standard InChI is InChI=1S/C20H32N2S/c1-12-7-14(11-20(2,3)10-12)21-19(23)22-18-9-13-8-17(18)16-6-4-5-15(13)16/h4,6,12-18H,5,7-11H2,1-3H3,(H2,21,22,23)/t12-,13-,14+,15+,16-,17+,18+/m0/s1. The Hall–Kier alpha value is -0.570. The largest absolute Gasteiger partial charge is 0.360 e. The zero-order chi connectivity index (χ0) is 16.2. The summed E-state index contributed by atoms with van der Waals surface area (Å²) >= 11 is 5.68. The molecule has 0 radical (unpaired) electrons. The molecular formula is C20H32N2S. The Kier molecular flexibility index (Phi) is 3.98. The van der Waals surface area contributed by atoms with E-state index in [0.29, 0.717) is 17.5 Å². The van der Waals surface area contributed by atoms with Gasteiger partial charge in [-0.05, 0) is 85.7 Å². The lowest BCUT2D eigenvalue weighted by atomic mass is 9.71. The second-order valence-corrected chi connectivity index (χ2v) is 10.0. The van der Waals surface area contributed by atoms with E-state index in [1.54, 1.807) is 0 Å². The van der Waals surface area contributed by atoms with E-state index in [1.165, 1.54) is 38.5 Å². The normalized spacial score (nSPS) is 46.7. The van der Waals surface area contributed by atoms with Crippen LogP contribution >= 0.6 is 12.2 Å². The predicted octanol–water partition coefficient (Wildman–Crippen LogP) is 4.27. The molecule has 4 aliphatic rings. The number of rotatable bonds is 2. The summed E-state index contributed by atoms with van der Waals surface area (Å²) in [5, 5.41) is 8.27. The Morgan fingerprint density at radius 3 is 2.70 bits per heavy atom. The smallest absolute Gasteiger partial charge is 0.166 e. The van der Waals surface area contributed by atoms with Gasteiger partial charge in [0.15, 0.2) is 5.11 Å². The molecule has 4 rings (SSSR count). The van der Waals surface area contributed by atoms with Crippen LogP contribution in [-0.2, 0) is 0 Å². The molecule has 0 amide bonds. The van der Waals surface area contributed by atoms with E-state index in [0.717, 1.165) is 34.7 Å². The summed E-state index contributed by atoms with van der Waals surface area (Å²) in [6.07, 6.45) is 12.8. The van der Waals surface area contributed by atoms with Crippen LogP contribution in [-0.4, -0.2) is 17.2 Å². The molecule has 0 aromatic rings. The van der Waals surface area contributed by atoms with Gasteiger partial charge >= 0.3 is 0 Å². The highest BCUT2D eigenvalue weighted by molar-refractivity contribution is 7.80. The van der Waals surface area contributed by atoms with Gasteiger partial charge in [-0.15, -0.1) is 0 Å². The van der Waals surface area contributed by atoms with Crippen molar-refractivity contribution >= 4 is 17.3 Å². The predicted molar refractivity (Wildman–Crippen MR) is 100 cm³/mol. The monoisotopic (exact) mass is 332 g/mol. The third kappa shape index (κ3) is 3.06. The fourth-order valence-corrected chi connectivity index (χ4v) is 6.88. The first-order chi connectivity index (χ1) is 10.9. The van der Waals surface area contributed by atoms with Crippen LogP contribution < -0.4 is 10.6 Å². The van der Waals surface area contributed by atoms with Crippen molar-refractivity contribution in [2.45, 2.75) is 71.4 Å². The van der Waals surface area contributed by atoms with Crippen molar-refractivity contribution in [1.29, 1.82) is 0 Å². The van der Waals surface area contributed by atoms with E-state index < -0.39 is 0 Å². The van der Waals surface area contributed by atoms with Crippen LogP contribution in [0.3, 0.4) is 0 Å². The second-order valence-electron chi connectivity index (χ2n) is 9.63. The maximum atomic E-state index is 5.68. The topological polar surface area (TPSA) is 24.1 Å². The molecule has 3 saturated carbocycles. The van der Waals surface area contributed by atoms with Crippen molar-refractivity contribution in [3.63, 3.8) is 0 Å². The van der Waals surface area contributed by atoms with Crippen LogP contribution in [0.15, 0.2) is 12.2 Å². The molecule has 3 heteroatoms. The summed E-state index contributed by atoms with van der Waals surface area (Å²) in [5.41, 5.74) is 0.444. The first-order valence-electron chi connectivity index (χ1n) is 9.65. The number of thiocarbonyl (C=S) groups is 1. The van der Waals surface area contributed by atoms with E-state index in [-0.39, 0.29) is 0 Å². The van der Waals surface area contributed by atoms with Crippen LogP contribution in [0.25, 0.3) is 0 Å². The number of fused-ring (bicyclic) bond motifs is 5. The first-order valence-corrected chi connectivity index (χ1v) is 10.1. The lowest BCUT2D eigenvalue weighted by molar-refractivity contribution is 0.161. The molecular weight excluding hydrogens is 300 g/mol. The lowest BCUT2D eigenvalue weighted by Gasteiger charge is -2.40. The molecule has 2 nitrogen and oxygen atoms in total. The molecule has 0 spiro atoms. The molecule has 0 heterocycles. The van der Waals surface area contributed by atoms with Gasteiger partial charge in [-0.1, -0.05) is 32.9 Å². The van der Waals surface area contributed by atoms with Gasteiger partial charge in [0.1, 0.15) is 0 Å². The Morgan fingerprint density at radius 2 is 1.91 bits per heavy atom. The fourth-order valence-electron chi connectivity index (χ4n) is 6.56. The third-order valence-electron chi connectivity index (χ3n) is 7.05. The van der Waals surface area contributed by atoms with Gasteiger partial charge < -0.3 is 10.6 Å². The van der Waals surface area contributed by atoms with Gasteiger partial charge in [0.25, 0.3) is 0 Å². The van der Waals surface area contributed by atoms with Crippen molar-refractivity contribution in [3.8, 4) is 0 Å². The van der Waals surface area contributed by atoms with Gasteiger partial charge in [0.2, 0.25) is 0 Å². The minimum absolute atomic E-state index is 0.444. The quantitative estimate of drug-likeness (QED) is 0.583. The van der Waals surface area contributed by atoms with E-state index in [9.17, 15) is 0 Å². The van der Waals surface area contributed by atoms with Gasteiger partial charge in [-0.3, -0.25) is 0 Å². The minimum Gasteiger partial charge on any atom is -0.360 e. The van der Waals surface area contributed by atoms with E-state index in [2.05, 4.69) is 43.6 Å². The Bertz CT molecular complexity index is 512. The Morgan fingerprint density at radius 1 is 1.09 bits per heavy atom. The summed E-state index contributed by atoms with van der Waals surface area (Å²) in [7, 11) is 0. The highest BCUT2D eigenvalue weighted by atomic mass is 32.1. The minimum atomic E-state index is 0.444. The zero-order valence-corrected chi connectivity index (χ0v) is 15.7. The highest BCUT2D eigenvalue weighted by Crippen LogP contribution is 2.56. The third-order valence-corrected chi connectivity index (χ3v) is 7.28. The van der Waals surface area contributed by atoms with Crippen LogP contribution in [0.1, 0.15) is 59.3 Å². The average molecular weight is 333 g/mol.